The number of nitrogens with zero attached hydrogens (tertiary/aromatic N) is 1. The van der Waals surface area contributed by atoms with Crippen LogP contribution in [0.2, 0.25) is 5.02 Å². The quantitative estimate of drug-likeness (QED) is 0.453. The van der Waals surface area contributed by atoms with Gasteiger partial charge in [0.1, 0.15) is 12.4 Å². The highest BCUT2D eigenvalue weighted by molar-refractivity contribution is 6.31. The maximum absolute atomic E-state index is 13.2. The summed E-state index contributed by atoms with van der Waals surface area (Å²) in [5.41, 5.74) is 2.79. The van der Waals surface area contributed by atoms with Crippen LogP contribution in [-0.4, -0.2) is 48.5 Å². The second kappa shape index (κ2) is 11.5. The second-order valence-corrected chi connectivity index (χ2v) is 7.33. The minimum atomic E-state index is -0.901. The van der Waals surface area contributed by atoms with Crippen molar-refractivity contribution in [1.29, 1.82) is 0 Å². The molecule has 7 heteroatoms. The lowest BCUT2D eigenvalue weighted by molar-refractivity contribution is -0.138. The van der Waals surface area contributed by atoms with E-state index in [-0.39, 0.29) is 31.3 Å². The zero-order valence-electron chi connectivity index (χ0n) is 17.0. The Morgan fingerprint density at radius 2 is 1.71 bits per heavy atom. The molecule has 0 unspecified atom stereocenters. The molecule has 0 aliphatic carbocycles. The molecule has 3 rings (SSSR count). The van der Waals surface area contributed by atoms with Crippen LogP contribution in [0.4, 0.5) is 0 Å². The van der Waals surface area contributed by atoms with E-state index < -0.39 is 5.97 Å². The summed E-state index contributed by atoms with van der Waals surface area (Å²) in [5, 5.41) is 9.35. The fraction of sp³-hybridized carbons (Fsp3) is 0.167. The van der Waals surface area contributed by atoms with E-state index in [1.165, 1.54) is 0 Å². The van der Waals surface area contributed by atoms with Gasteiger partial charge in [0.25, 0.3) is 0 Å². The maximum Gasteiger partial charge on any atom is 0.317 e. The maximum atomic E-state index is 13.2. The molecule has 162 valence electrons. The molecule has 3 aromatic carbocycles. The minimum Gasteiger partial charge on any atom is -0.491 e. The minimum absolute atomic E-state index is 0. The van der Waals surface area contributed by atoms with Crippen LogP contribution in [0.5, 0.6) is 5.75 Å². The lowest BCUT2D eigenvalue weighted by atomic mass is 9.97. The molecule has 0 aliphatic rings. The molecule has 1 N–H and O–H groups in total. The molecule has 0 bridgehead atoms. The topological polar surface area (TPSA) is 66.8 Å². The van der Waals surface area contributed by atoms with Crippen molar-refractivity contribution in [3.63, 3.8) is 0 Å². The zero-order chi connectivity index (χ0) is 21.5. The molecule has 0 radical (unpaired) electrons. The number of hydrogen-bond acceptors (Lipinski definition) is 4. The van der Waals surface area contributed by atoms with Crippen LogP contribution in [-0.2, 0) is 4.79 Å². The monoisotopic (exact) mass is 459 g/mol. The normalized spacial score (nSPS) is 10.4. The van der Waals surface area contributed by atoms with E-state index in [4.69, 9.17) is 21.4 Å². The Morgan fingerprint density at radius 1 is 0.968 bits per heavy atom. The Balaban J connectivity index is 0.00000341. The summed E-state index contributed by atoms with van der Waals surface area (Å²) in [6, 6.07) is 22.1. The molecule has 0 spiro atoms. The summed E-state index contributed by atoms with van der Waals surface area (Å²) in [7, 11) is 1.70. The van der Waals surface area contributed by atoms with Gasteiger partial charge in [-0.25, -0.2) is 0 Å². The van der Waals surface area contributed by atoms with E-state index in [0.29, 0.717) is 28.4 Å². The van der Waals surface area contributed by atoms with Gasteiger partial charge in [-0.05, 0) is 42.4 Å². The highest BCUT2D eigenvalue weighted by atomic mass is 35.5. The van der Waals surface area contributed by atoms with Gasteiger partial charge in [-0.1, -0.05) is 60.1 Å². The predicted molar refractivity (Wildman–Crippen MR) is 125 cm³/mol. The summed E-state index contributed by atoms with van der Waals surface area (Å²) >= 11 is 6.07. The number of benzene rings is 3. The smallest absolute Gasteiger partial charge is 0.317 e. The predicted octanol–water partition coefficient (Wildman–Crippen LogP) is 5.06. The van der Waals surface area contributed by atoms with Crippen molar-refractivity contribution in [3.05, 3.63) is 88.9 Å². The van der Waals surface area contributed by atoms with Gasteiger partial charge in [-0.2, -0.15) is 0 Å². The molecule has 0 aromatic heterocycles. The number of ether oxygens (including phenoxy) is 1. The summed E-state index contributed by atoms with van der Waals surface area (Å²) in [6.07, 6.45) is 0. The van der Waals surface area contributed by atoms with Gasteiger partial charge in [0.15, 0.2) is 5.78 Å². The third kappa shape index (κ3) is 6.82. The summed E-state index contributed by atoms with van der Waals surface area (Å²) in [5.74, 6) is -0.644. The van der Waals surface area contributed by atoms with Gasteiger partial charge in [0, 0.05) is 17.1 Å². The van der Waals surface area contributed by atoms with Gasteiger partial charge >= 0.3 is 5.97 Å². The number of carbonyl (C=O) groups is 2. The number of carboxylic acids is 1. The van der Waals surface area contributed by atoms with Crippen molar-refractivity contribution < 1.29 is 19.4 Å². The number of halogens is 2. The van der Waals surface area contributed by atoms with Crippen molar-refractivity contribution in [1.82, 2.24) is 4.90 Å². The first kappa shape index (κ1) is 24.4. The highest BCUT2D eigenvalue weighted by Gasteiger charge is 2.17. The van der Waals surface area contributed by atoms with E-state index in [0.717, 1.165) is 11.1 Å². The van der Waals surface area contributed by atoms with Crippen LogP contribution in [0.25, 0.3) is 11.1 Å². The van der Waals surface area contributed by atoms with Crippen molar-refractivity contribution in [2.45, 2.75) is 0 Å². The second-order valence-electron chi connectivity index (χ2n) is 6.90. The van der Waals surface area contributed by atoms with Crippen LogP contribution < -0.4 is 4.74 Å². The first-order valence-corrected chi connectivity index (χ1v) is 9.84. The first-order chi connectivity index (χ1) is 14.4. The molecule has 0 saturated heterocycles. The fourth-order valence-electron chi connectivity index (χ4n) is 3.05. The van der Waals surface area contributed by atoms with Crippen molar-refractivity contribution in [2.75, 3.05) is 26.7 Å². The van der Waals surface area contributed by atoms with Crippen LogP contribution in [0, 0.1) is 0 Å². The third-order valence-electron chi connectivity index (χ3n) is 4.55. The van der Waals surface area contributed by atoms with E-state index in [1.807, 2.05) is 42.5 Å². The number of hydrogen-bond donors (Lipinski definition) is 1. The van der Waals surface area contributed by atoms with Gasteiger partial charge in [-0.15, -0.1) is 12.4 Å². The highest BCUT2D eigenvalue weighted by Crippen LogP contribution is 2.29. The first-order valence-electron chi connectivity index (χ1n) is 9.47. The average molecular weight is 460 g/mol. The Hall–Kier alpha value is -2.86. The molecule has 0 saturated carbocycles. The van der Waals surface area contributed by atoms with E-state index in [2.05, 4.69) is 0 Å². The van der Waals surface area contributed by atoms with Crippen molar-refractivity contribution in [2.24, 2.45) is 0 Å². The van der Waals surface area contributed by atoms with Crippen molar-refractivity contribution in [3.8, 4) is 16.9 Å². The number of rotatable bonds is 9. The van der Waals surface area contributed by atoms with Crippen LogP contribution >= 0.6 is 24.0 Å². The molecule has 0 fully saturated rings. The molecule has 3 aromatic rings. The molecule has 0 amide bonds. The van der Waals surface area contributed by atoms with Gasteiger partial charge < -0.3 is 9.84 Å². The number of carbonyl (C=O) groups excluding carboxylic acids is 1. The number of ketones is 1. The van der Waals surface area contributed by atoms with Crippen LogP contribution in [0.1, 0.15) is 15.9 Å². The SMILES string of the molecule is CN(CCOc1ccc(-c2ccccc2)cc1C(=O)c1cccc(Cl)c1)CC(=O)O.Cl. The van der Waals surface area contributed by atoms with Gasteiger partial charge in [0.2, 0.25) is 0 Å². The van der Waals surface area contributed by atoms with Crippen molar-refractivity contribution >= 4 is 35.8 Å². The molecule has 5 nitrogen and oxygen atoms in total. The largest absolute Gasteiger partial charge is 0.491 e. The molecular weight excluding hydrogens is 437 g/mol. The van der Waals surface area contributed by atoms with Gasteiger partial charge in [-0.3, -0.25) is 14.5 Å². The summed E-state index contributed by atoms with van der Waals surface area (Å²) in [6.45, 7) is 0.590. The van der Waals surface area contributed by atoms with Crippen LogP contribution in [0.3, 0.4) is 0 Å². The average Bonchev–Trinajstić information content (AvgIpc) is 2.73. The molecule has 0 atom stereocenters. The summed E-state index contributed by atoms with van der Waals surface area (Å²) < 4.78 is 5.86. The number of likely N-dealkylation sites (N-methyl/N-ethyl adjacent to an activating group) is 1. The number of aliphatic carboxylic acids is 1. The number of carboxylic acid groups (broad SMARTS) is 1. The standard InChI is InChI=1S/C24H22ClNO4.ClH/c1-26(16-23(27)28)12-13-30-22-11-10-18(17-6-3-2-4-7-17)15-21(22)24(29)19-8-5-9-20(25)14-19;/h2-11,14-15H,12-13,16H2,1H3,(H,27,28);1H. The zero-order valence-corrected chi connectivity index (χ0v) is 18.5. The van der Waals surface area contributed by atoms with E-state index in [9.17, 15) is 9.59 Å². The van der Waals surface area contributed by atoms with Crippen LogP contribution in [0.15, 0.2) is 72.8 Å². The molecular formula is C24H23Cl2NO4. The molecule has 31 heavy (non-hydrogen) atoms. The van der Waals surface area contributed by atoms with Gasteiger partial charge in [0.05, 0.1) is 12.1 Å². The lowest BCUT2D eigenvalue weighted by Gasteiger charge is -2.17. The lowest BCUT2D eigenvalue weighted by Crippen LogP contribution is -2.29. The Morgan fingerprint density at radius 3 is 2.39 bits per heavy atom. The fourth-order valence-corrected chi connectivity index (χ4v) is 3.24. The van der Waals surface area contributed by atoms with E-state index in [1.54, 1.807) is 42.3 Å². The third-order valence-corrected chi connectivity index (χ3v) is 4.79. The Bertz CT molecular complexity index is 1040. The molecule has 0 heterocycles. The van der Waals surface area contributed by atoms with E-state index >= 15 is 0 Å². The molecule has 0 aliphatic heterocycles. The summed E-state index contributed by atoms with van der Waals surface area (Å²) in [4.78, 5) is 25.7. The Labute approximate surface area is 192 Å². The Kier molecular flexibility index (Phi) is 9.06.